The Labute approximate surface area is 174 Å². The zero-order chi connectivity index (χ0) is 20.9. The van der Waals surface area contributed by atoms with E-state index in [1.165, 1.54) is 4.31 Å². The van der Waals surface area contributed by atoms with Gasteiger partial charge in [-0.05, 0) is 38.1 Å². The van der Waals surface area contributed by atoms with Gasteiger partial charge in [-0.3, -0.25) is 9.80 Å². The molecule has 3 rings (SSSR count). The summed E-state index contributed by atoms with van der Waals surface area (Å²) >= 11 is 0. The maximum absolute atomic E-state index is 12.7. The second-order valence-electron chi connectivity index (χ2n) is 7.83. The van der Waals surface area contributed by atoms with Crippen LogP contribution in [-0.2, 0) is 14.8 Å². The first-order chi connectivity index (χ1) is 13.9. The number of aliphatic hydroxyl groups excluding tert-OH is 1. The molecule has 0 aliphatic carbocycles. The summed E-state index contributed by atoms with van der Waals surface area (Å²) in [6, 6.07) is 7.07. The average Bonchev–Trinajstić information content (AvgIpc) is 2.70. The molecule has 0 amide bonds. The van der Waals surface area contributed by atoms with Crippen molar-refractivity contribution in [3.63, 3.8) is 0 Å². The van der Waals surface area contributed by atoms with Crippen LogP contribution in [0.5, 0.6) is 5.75 Å². The van der Waals surface area contributed by atoms with E-state index in [4.69, 9.17) is 9.47 Å². The number of rotatable bonds is 8. The Balaban J connectivity index is 1.46. The molecule has 0 bridgehead atoms. The van der Waals surface area contributed by atoms with E-state index < -0.39 is 10.0 Å². The second kappa shape index (κ2) is 10.2. The Morgan fingerprint density at radius 3 is 2.48 bits per heavy atom. The normalized spacial score (nSPS) is 23.8. The molecule has 8 nitrogen and oxygen atoms in total. The van der Waals surface area contributed by atoms with Crippen LogP contribution in [0.2, 0.25) is 0 Å². The molecule has 0 radical (unpaired) electrons. The summed E-state index contributed by atoms with van der Waals surface area (Å²) in [5, 5.41) is 9.55. The lowest BCUT2D eigenvalue weighted by molar-refractivity contribution is 0.0445. The average molecular weight is 428 g/mol. The third kappa shape index (κ3) is 6.13. The lowest BCUT2D eigenvalue weighted by atomic mass is 10.2. The van der Waals surface area contributed by atoms with Crippen LogP contribution in [0.3, 0.4) is 0 Å². The maximum atomic E-state index is 12.7. The molecule has 2 atom stereocenters. The van der Waals surface area contributed by atoms with Crippen molar-refractivity contribution in [2.75, 3.05) is 65.6 Å². The summed E-state index contributed by atoms with van der Waals surface area (Å²) in [5.74, 6) is 0.673. The number of ether oxygens (including phenoxy) is 2. The van der Waals surface area contributed by atoms with Crippen LogP contribution in [-0.4, -0.2) is 105 Å². The van der Waals surface area contributed by atoms with Crippen molar-refractivity contribution in [2.24, 2.45) is 0 Å². The van der Waals surface area contributed by atoms with Gasteiger partial charge in [0.25, 0.3) is 0 Å². The van der Waals surface area contributed by atoms with Gasteiger partial charge in [-0.2, -0.15) is 4.31 Å². The van der Waals surface area contributed by atoms with Crippen molar-refractivity contribution in [2.45, 2.75) is 30.9 Å². The van der Waals surface area contributed by atoms with E-state index in [0.717, 1.165) is 26.2 Å². The minimum absolute atomic E-state index is 0.287. The molecular weight excluding hydrogens is 394 g/mol. The predicted molar refractivity (Wildman–Crippen MR) is 111 cm³/mol. The molecule has 1 N–H and O–H groups in total. The molecule has 0 saturated carbocycles. The SMILES string of the molecule is C[C@H](O)CN1CCN(CCOc2ccc(S(=O)(=O)N3CCOCC3)cc2)[C@@H](C)C1. The van der Waals surface area contributed by atoms with Gasteiger partial charge in [0.1, 0.15) is 12.4 Å². The lowest BCUT2D eigenvalue weighted by Crippen LogP contribution is -2.53. The van der Waals surface area contributed by atoms with Crippen LogP contribution in [0.25, 0.3) is 0 Å². The summed E-state index contributed by atoms with van der Waals surface area (Å²) < 4.78 is 37.8. The van der Waals surface area contributed by atoms with Crippen LogP contribution >= 0.6 is 0 Å². The highest BCUT2D eigenvalue weighted by Gasteiger charge is 2.26. The smallest absolute Gasteiger partial charge is 0.243 e. The van der Waals surface area contributed by atoms with Crippen LogP contribution in [0.15, 0.2) is 29.2 Å². The molecule has 9 heteroatoms. The van der Waals surface area contributed by atoms with Crippen LogP contribution < -0.4 is 4.74 Å². The number of hydrogen-bond acceptors (Lipinski definition) is 7. The first-order valence-corrected chi connectivity index (χ1v) is 11.8. The Bertz CT molecular complexity index is 735. The number of β-amino-alcohol motifs (C(OH)–C–C–N with tert-alkyl or cyclic N) is 1. The van der Waals surface area contributed by atoms with Gasteiger partial charge < -0.3 is 14.6 Å². The minimum Gasteiger partial charge on any atom is -0.492 e. The fourth-order valence-electron chi connectivity index (χ4n) is 3.87. The largest absolute Gasteiger partial charge is 0.492 e. The number of nitrogens with zero attached hydrogens (tertiary/aromatic N) is 3. The molecule has 1 aromatic rings. The minimum atomic E-state index is -3.47. The number of piperazine rings is 1. The summed E-state index contributed by atoms with van der Waals surface area (Å²) in [7, 11) is -3.47. The molecule has 164 valence electrons. The quantitative estimate of drug-likeness (QED) is 0.646. The van der Waals surface area contributed by atoms with Crippen molar-refractivity contribution >= 4 is 10.0 Å². The van der Waals surface area contributed by atoms with E-state index in [2.05, 4.69) is 16.7 Å². The van der Waals surface area contributed by atoms with Crippen molar-refractivity contribution in [3.8, 4) is 5.75 Å². The summed E-state index contributed by atoms with van der Waals surface area (Å²) in [5.41, 5.74) is 0. The summed E-state index contributed by atoms with van der Waals surface area (Å²) in [4.78, 5) is 4.96. The zero-order valence-corrected chi connectivity index (χ0v) is 18.2. The second-order valence-corrected chi connectivity index (χ2v) is 9.77. The van der Waals surface area contributed by atoms with Crippen molar-refractivity contribution in [1.82, 2.24) is 14.1 Å². The highest BCUT2D eigenvalue weighted by molar-refractivity contribution is 7.89. The molecule has 2 heterocycles. The number of hydrogen-bond donors (Lipinski definition) is 1. The molecular formula is C20H33N3O5S. The van der Waals surface area contributed by atoms with Gasteiger partial charge in [-0.25, -0.2) is 8.42 Å². The Kier molecular flexibility index (Phi) is 7.89. The zero-order valence-electron chi connectivity index (χ0n) is 17.4. The molecule has 2 saturated heterocycles. The van der Waals surface area contributed by atoms with Gasteiger partial charge in [0, 0.05) is 51.9 Å². The lowest BCUT2D eigenvalue weighted by Gasteiger charge is -2.40. The van der Waals surface area contributed by atoms with E-state index in [0.29, 0.717) is 51.2 Å². The highest BCUT2D eigenvalue weighted by Crippen LogP contribution is 2.20. The Morgan fingerprint density at radius 1 is 1.17 bits per heavy atom. The van der Waals surface area contributed by atoms with E-state index in [-0.39, 0.29) is 11.0 Å². The first kappa shape index (κ1) is 22.5. The molecule has 0 spiro atoms. The van der Waals surface area contributed by atoms with E-state index in [1.807, 2.05) is 6.92 Å². The molecule has 0 unspecified atom stereocenters. The van der Waals surface area contributed by atoms with E-state index in [1.54, 1.807) is 24.3 Å². The number of aliphatic hydroxyl groups is 1. The Hall–Kier alpha value is -1.23. The molecule has 1 aromatic carbocycles. The molecule has 0 aromatic heterocycles. The molecule has 2 aliphatic heterocycles. The fraction of sp³-hybridized carbons (Fsp3) is 0.700. The van der Waals surface area contributed by atoms with E-state index >= 15 is 0 Å². The van der Waals surface area contributed by atoms with Crippen LogP contribution in [0.1, 0.15) is 13.8 Å². The van der Waals surface area contributed by atoms with Crippen molar-refractivity contribution in [1.29, 1.82) is 0 Å². The van der Waals surface area contributed by atoms with Crippen LogP contribution in [0.4, 0.5) is 0 Å². The number of sulfonamides is 1. The van der Waals surface area contributed by atoms with Gasteiger partial charge in [0.15, 0.2) is 0 Å². The maximum Gasteiger partial charge on any atom is 0.243 e. The number of morpholine rings is 1. The van der Waals surface area contributed by atoms with Gasteiger partial charge in [-0.1, -0.05) is 0 Å². The highest BCUT2D eigenvalue weighted by atomic mass is 32.2. The van der Waals surface area contributed by atoms with Crippen molar-refractivity contribution < 1.29 is 23.0 Å². The third-order valence-electron chi connectivity index (χ3n) is 5.45. The van der Waals surface area contributed by atoms with Gasteiger partial charge >= 0.3 is 0 Å². The predicted octanol–water partition coefficient (Wildman–Crippen LogP) is 0.473. The topological polar surface area (TPSA) is 82.5 Å². The van der Waals surface area contributed by atoms with Gasteiger partial charge in [0.05, 0.1) is 24.2 Å². The van der Waals surface area contributed by atoms with Crippen molar-refractivity contribution in [3.05, 3.63) is 24.3 Å². The van der Waals surface area contributed by atoms with Gasteiger partial charge in [0.2, 0.25) is 10.0 Å². The third-order valence-corrected chi connectivity index (χ3v) is 7.36. The standard InChI is InChI=1S/C20H33N3O5S/c1-17-15-21(16-18(2)24)7-8-22(17)9-14-28-19-3-5-20(6-4-19)29(25,26)23-10-12-27-13-11-23/h3-6,17-18,24H,7-16H2,1-2H3/t17-,18-/m0/s1. The molecule has 2 fully saturated rings. The first-order valence-electron chi connectivity index (χ1n) is 10.3. The van der Waals surface area contributed by atoms with E-state index in [9.17, 15) is 13.5 Å². The Morgan fingerprint density at radius 2 is 1.86 bits per heavy atom. The van der Waals surface area contributed by atoms with Gasteiger partial charge in [-0.15, -0.1) is 0 Å². The summed E-state index contributed by atoms with van der Waals surface area (Å²) in [6.07, 6.45) is -0.299. The molecule has 2 aliphatic rings. The monoisotopic (exact) mass is 427 g/mol. The molecule has 29 heavy (non-hydrogen) atoms. The number of benzene rings is 1. The van der Waals surface area contributed by atoms with Crippen LogP contribution in [0, 0.1) is 0 Å². The summed E-state index contributed by atoms with van der Waals surface area (Å²) in [6.45, 7) is 10.6. The fourth-order valence-corrected chi connectivity index (χ4v) is 5.27.